The van der Waals surface area contributed by atoms with Gasteiger partial charge in [0.1, 0.15) is 17.2 Å². The lowest BCUT2D eigenvalue weighted by Gasteiger charge is -2.11. The molecule has 118 valence electrons. The van der Waals surface area contributed by atoms with E-state index in [9.17, 15) is 4.79 Å². The number of methoxy groups -OCH3 is 2. The Morgan fingerprint density at radius 3 is 2.48 bits per heavy atom. The van der Waals surface area contributed by atoms with Crippen LogP contribution in [0.3, 0.4) is 0 Å². The molecule has 0 radical (unpaired) electrons. The van der Waals surface area contributed by atoms with Gasteiger partial charge in [-0.1, -0.05) is 11.6 Å². The van der Waals surface area contributed by atoms with Gasteiger partial charge < -0.3 is 14.2 Å². The molecule has 0 aliphatic carbocycles. The Balaban J connectivity index is 2.15. The zero-order chi connectivity index (χ0) is 16.8. The van der Waals surface area contributed by atoms with Gasteiger partial charge in [0, 0.05) is 0 Å². The molecular weight excluding hydrogens is 318 g/mol. The zero-order valence-electron chi connectivity index (χ0n) is 12.6. The molecule has 0 atom stereocenters. The van der Waals surface area contributed by atoms with E-state index in [4.69, 9.17) is 31.1 Å². The number of ketones is 1. The van der Waals surface area contributed by atoms with Crippen LogP contribution in [-0.4, -0.2) is 26.6 Å². The third-order valence-electron chi connectivity index (χ3n) is 3.13. The first kappa shape index (κ1) is 16.7. The molecule has 6 heteroatoms. The molecule has 2 aromatic rings. The quantitative estimate of drug-likeness (QED) is 0.758. The molecule has 0 fully saturated rings. The zero-order valence-corrected chi connectivity index (χ0v) is 13.4. The minimum atomic E-state index is -0.277. The van der Waals surface area contributed by atoms with Crippen LogP contribution in [0.1, 0.15) is 15.9 Å². The van der Waals surface area contributed by atoms with E-state index in [1.165, 1.54) is 20.3 Å². The second-order valence-corrected chi connectivity index (χ2v) is 4.94. The first-order valence-corrected chi connectivity index (χ1v) is 7.04. The minimum Gasteiger partial charge on any atom is -0.497 e. The highest BCUT2D eigenvalue weighted by molar-refractivity contribution is 6.32. The predicted molar refractivity (Wildman–Crippen MR) is 85.5 cm³/mol. The number of carbonyl (C=O) groups is 1. The summed E-state index contributed by atoms with van der Waals surface area (Å²) in [6.45, 7) is -0.213. The van der Waals surface area contributed by atoms with Crippen LogP contribution in [0.15, 0.2) is 36.4 Å². The number of nitriles is 1. The van der Waals surface area contributed by atoms with Crippen LogP contribution in [0.2, 0.25) is 5.02 Å². The van der Waals surface area contributed by atoms with Crippen molar-refractivity contribution in [2.75, 3.05) is 20.8 Å². The summed E-state index contributed by atoms with van der Waals surface area (Å²) in [7, 11) is 3.00. The molecule has 0 unspecified atom stereocenters. The number of nitrogens with zero attached hydrogens (tertiary/aromatic N) is 1. The van der Waals surface area contributed by atoms with Crippen molar-refractivity contribution in [2.24, 2.45) is 0 Å². The van der Waals surface area contributed by atoms with E-state index >= 15 is 0 Å². The Hall–Kier alpha value is -2.71. The normalized spacial score (nSPS) is 9.83. The molecule has 2 aromatic carbocycles. The van der Waals surface area contributed by atoms with Crippen LogP contribution in [0.25, 0.3) is 0 Å². The molecule has 0 aromatic heterocycles. The van der Waals surface area contributed by atoms with E-state index in [-0.39, 0.29) is 17.4 Å². The SMILES string of the molecule is COc1ccc(OC)c(C(=O)COc2ccc(C#N)cc2Cl)c1. The van der Waals surface area contributed by atoms with E-state index in [1.807, 2.05) is 6.07 Å². The van der Waals surface area contributed by atoms with Gasteiger partial charge in [-0.3, -0.25) is 4.79 Å². The van der Waals surface area contributed by atoms with Gasteiger partial charge in [0.15, 0.2) is 6.61 Å². The number of halogens is 1. The highest BCUT2D eigenvalue weighted by atomic mass is 35.5. The van der Waals surface area contributed by atoms with Crippen molar-refractivity contribution in [2.45, 2.75) is 0 Å². The second-order valence-electron chi connectivity index (χ2n) is 4.54. The fourth-order valence-electron chi connectivity index (χ4n) is 1.94. The average molecular weight is 332 g/mol. The molecule has 0 N–H and O–H groups in total. The largest absolute Gasteiger partial charge is 0.497 e. The first-order chi connectivity index (χ1) is 11.1. The van der Waals surface area contributed by atoms with Crippen LogP contribution in [0.4, 0.5) is 0 Å². The van der Waals surface area contributed by atoms with Crippen molar-refractivity contribution in [3.63, 3.8) is 0 Å². The summed E-state index contributed by atoms with van der Waals surface area (Å²) in [6.07, 6.45) is 0. The van der Waals surface area contributed by atoms with E-state index in [1.54, 1.807) is 30.3 Å². The summed E-state index contributed by atoms with van der Waals surface area (Å²) in [4.78, 5) is 12.3. The molecule has 0 heterocycles. The first-order valence-electron chi connectivity index (χ1n) is 6.66. The van der Waals surface area contributed by atoms with Gasteiger partial charge in [0.25, 0.3) is 0 Å². The Morgan fingerprint density at radius 1 is 1.13 bits per heavy atom. The van der Waals surface area contributed by atoms with Crippen molar-refractivity contribution >= 4 is 17.4 Å². The monoisotopic (exact) mass is 331 g/mol. The molecule has 0 spiro atoms. The Kier molecular flexibility index (Phi) is 5.45. The van der Waals surface area contributed by atoms with Gasteiger partial charge in [-0.2, -0.15) is 5.26 Å². The summed E-state index contributed by atoms with van der Waals surface area (Å²) < 4.78 is 15.7. The molecule has 0 saturated heterocycles. The van der Waals surface area contributed by atoms with Crippen molar-refractivity contribution in [3.05, 3.63) is 52.5 Å². The molecular formula is C17H14ClNO4. The number of ether oxygens (including phenoxy) is 3. The molecule has 0 aliphatic rings. The van der Waals surface area contributed by atoms with Gasteiger partial charge >= 0.3 is 0 Å². The van der Waals surface area contributed by atoms with Gasteiger partial charge in [0.2, 0.25) is 5.78 Å². The number of hydrogen-bond acceptors (Lipinski definition) is 5. The molecule has 0 bridgehead atoms. The molecule has 0 amide bonds. The maximum atomic E-state index is 12.3. The lowest BCUT2D eigenvalue weighted by atomic mass is 10.1. The van der Waals surface area contributed by atoms with Gasteiger partial charge in [-0.25, -0.2) is 0 Å². The summed E-state index contributed by atoms with van der Waals surface area (Å²) in [5.41, 5.74) is 0.778. The molecule has 0 saturated carbocycles. The standard InChI is InChI=1S/C17H14ClNO4/c1-21-12-4-6-16(22-2)13(8-12)15(20)10-23-17-5-3-11(9-19)7-14(17)18/h3-8H,10H2,1-2H3. The fourth-order valence-corrected chi connectivity index (χ4v) is 2.18. The van der Waals surface area contributed by atoms with Crippen molar-refractivity contribution < 1.29 is 19.0 Å². The van der Waals surface area contributed by atoms with Gasteiger partial charge in [-0.05, 0) is 36.4 Å². The van der Waals surface area contributed by atoms with Crippen molar-refractivity contribution in [1.29, 1.82) is 5.26 Å². The van der Waals surface area contributed by atoms with Crippen LogP contribution in [-0.2, 0) is 0 Å². The van der Waals surface area contributed by atoms with Crippen molar-refractivity contribution in [1.82, 2.24) is 0 Å². The summed E-state index contributed by atoms with van der Waals surface area (Å²) >= 11 is 6.01. The van der Waals surface area contributed by atoms with E-state index < -0.39 is 0 Å². The highest BCUT2D eigenvalue weighted by Gasteiger charge is 2.15. The van der Waals surface area contributed by atoms with Crippen LogP contribution in [0, 0.1) is 11.3 Å². The van der Waals surface area contributed by atoms with E-state index in [2.05, 4.69) is 0 Å². The Bertz CT molecular complexity index is 768. The van der Waals surface area contributed by atoms with Crippen LogP contribution >= 0.6 is 11.6 Å². The van der Waals surface area contributed by atoms with Gasteiger partial charge in [-0.15, -0.1) is 0 Å². The molecule has 5 nitrogen and oxygen atoms in total. The molecule has 2 rings (SSSR count). The maximum absolute atomic E-state index is 12.3. The topological polar surface area (TPSA) is 68.6 Å². The number of carbonyl (C=O) groups excluding carboxylic acids is 1. The van der Waals surface area contributed by atoms with E-state index in [0.29, 0.717) is 28.4 Å². The number of hydrogen-bond donors (Lipinski definition) is 0. The maximum Gasteiger partial charge on any atom is 0.204 e. The highest BCUT2D eigenvalue weighted by Crippen LogP contribution is 2.27. The van der Waals surface area contributed by atoms with Crippen LogP contribution < -0.4 is 14.2 Å². The lowest BCUT2D eigenvalue weighted by Crippen LogP contribution is -2.13. The fraction of sp³-hybridized carbons (Fsp3) is 0.176. The molecule has 23 heavy (non-hydrogen) atoms. The third-order valence-corrected chi connectivity index (χ3v) is 3.42. The smallest absolute Gasteiger partial charge is 0.204 e. The second kappa shape index (κ2) is 7.52. The van der Waals surface area contributed by atoms with E-state index in [0.717, 1.165) is 0 Å². The summed E-state index contributed by atoms with van der Waals surface area (Å²) in [5, 5.41) is 9.07. The number of rotatable bonds is 6. The average Bonchev–Trinajstić information content (AvgIpc) is 2.59. The summed E-state index contributed by atoms with van der Waals surface area (Å²) in [5.74, 6) is 1.04. The third kappa shape index (κ3) is 3.93. The van der Waals surface area contributed by atoms with Gasteiger partial charge in [0.05, 0.1) is 36.4 Å². The lowest BCUT2D eigenvalue weighted by molar-refractivity contribution is 0.0918. The summed E-state index contributed by atoms with van der Waals surface area (Å²) in [6, 6.07) is 11.5. The predicted octanol–water partition coefficient (Wildman–Crippen LogP) is 3.49. The minimum absolute atomic E-state index is 0.213. The van der Waals surface area contributed by atoms with Crippen molar-refractivity contribution in [3.8, 4) is 23.3 Å². The number of benzene rings is 2. The number of Topliss-reactive ketones (excluding diaryl/α,β-unsaturated/α-hetero) is 1. The Labute approximate surface area is 139 Å². The Morgan fingerprint density at radius 2 is 1.87 bits per heavy atom. The van der Waals surface area contributed by atoms with Crippen LogP contribution in [0.5, 0.6) is 17.2 Å². The molecule has 0 aliphatic heterocycles.